The molecule has 0 saturated carbocycles. The van der Waals surface area contributed by atoms with Gasteiger partial charge in [0.05, 0.1) is 6.20 Å². The number of hydrogen-bond donors (Lipinski definition) is 0. The van der Waals surface area contributed by atoms with Crippen molar-refractivity contribution in [1.82, 2.24) is 4.98 Å². The van der Waals surface area contributed by atoms with E-state index >= 15 is 0 Å². The Hall–Kier alpha value is -1.38. The number of nitrogens with zero attached hydrogens (tertiary/aromatic N) is 1. The molecule has 1 heterocycles. The van der Waals surface area contributed by atoms with Crippen molar-refractivity contribution in [3.63, 3.8) is 0 Å². The summed E-state index contributed by atoms with van der Waals surface area (Å²) in [5.74, 6) is 1.06. The first-order valence-electron chi connectivity index (χ1n) is 7.33. The van der Waals surface area contributed by atoms with Crippen LogP contribution in [0.2, 0.25) is 0 Å². The fourth-order valence-electron chi connectivity index (χ4n) is 2.07. The van der Waals surface area contributed by atoms with Gasteiger partial charge in [0.2, 0.25) is 0 Å². The van der Waals surface area contributed by atoms with Crippen LogP contribution in [-0.2, 0) is 4.79 Å². The summed E-state index contributed by atoms with van der Waals surface area (Å²) in [5, 5.41) is 0. The van der Waals surface area contributed by atoms with Crippen molar-refractivity contribution in [2.75, 3.05) is 6.61 Å². The number of carbonyl (C=O) groups excluding carboxylic acids is 1. The Kier molecular flexibility index (Phi) is 7.87. The maximum atomic E-state index is 12.2. The monoisotopic (exact) mass is 263 g/mol. The Bertz CT molecular complexity index is 343. The van der Waals surface area contributed by atoms with E-state index in [1.54, 1.807) is 12.4 Å². The number of ether oxygens (including phenoxy) is 1. The van der Waals surface area contributed by atoms with Gasteiger partial charge in [-0.2, -0.15) is 0 Å². The normalized spacial score (nSPS) is 10.7. The quantitative estimate of drug-likeness (QED) is 0.640. The second-order valence-electron chi connectivity index (χ2n) is 4.93. The molecule has 0 spiro atoms. The highest BCUT2D eigenvalue weighted by Gasteiger charge is 2.17. The average molecular weight is 263 g/mol. The average Bonchev–Trinajstić information content (AvgIpc) is 2.46. The number of ketones is 1. The summed E-state index contributed by atoms with van der Waals surface area (Å²) in [4.78, 5) is 16.2. The molecule has 0 bridgehead atoms. The summed E-state index contributed by atoms with van der Waals surface area (Å²) < 4.78 is 5.50. The molecule has 0 aliphatic rings. The van der Waals surface area contributed by atoms with Gasteiger partial charge in [0.25, 0.3) is 0 Å². The van der Waals surface area contributed by atoms with E-state index in [1.807, 2.05) is 12.1 Å². The van der Waals surface area contributed by atoms with Gasteiger partial charge in [-0.1, -0.05) is 39.5 Å². The number of aromatic nitrogens is 1. The largest absolute Gasteiger partial charge is 0.484 e. The van der Waals surface area contributed by atoms with Gasteiger partial charge in [-0.25, -0.2) is 0 Å². The van der Waals surface area contributed by atoms with Crippen LogP contribution in [0.4, 0.5) is 0 Å². The van der Waals surface area contributed by atoms with Crippen molar-refractivity contribution >= 4 is 5.78 Å². The fraction of sp³-hybridized carbons (Fsp3) is 0.625. The van der Waals surface area contributed by atoms with Gasteiger partial charge in [0, 0.05) is 12.1 Å². The van der Waals surface area contributed by atoms with E-state index in [-0.39, 0.29) is 18.3 Å². The Morgan fingerprint density at radius 3 is 2.47 bits per heavy atom. The number of pyridine rings is 1. The molecule has 0 aliphatic carbocycles. The molecule has 3 nitrogen and oxygen atoms in total. The van der Waals surface area contributed by atoms with Crippen LogP contribution in [0.15, 0.2) is 24.5 Å². The van der Waals surface area contributed by atoms with Gasteiger partial charge < -0.3 is 4.74 Å². The first kappa shape index (κ1) is 15.7. The predicted octanol–water partition coefficient (Wildman–Crippen LogP) is 4.03. The summed E-state index contributed by atoms with van der Waals surface area (Å²) >= 11 is 0. The maximum Gasteiger partial charge on any atom is 0.173 e. The standard InChI is InChI=1S/C16H25NO2/c1-3-5-8-14(9-6-4-2)16(18)13-19-15-10-7-11-17-12-15/h7,10-12,14H,3-6,8-9,13H2,1-2H3. The van der Waals surface area contributed by atoms with Crippen molar-refractivity contribution in [3.05, 3.63) is 24.5 Å². The van der Waals surface area contributed by atoms with Crippen LogP contribution in [0.1, 0.15) is 52.4 Å². The molecule has 1 rings (SSSR count). The highest BCUT2D eigenvalue weighted by atomic mass is 16.5. The highest BCUT2D eigenvalue weighted by Crippen LogP contribution is 2.18. The summed E-state index contributed by atoms with van der Waals surface area (Å²) in [6.45, 7) is 4.49. The number of Topliss-reactive ketones (excluding diaryl/α,β-unsaturated/α-hetero) is 1. The summed E-state index contributed by atoms with van der Waals surface area (Å²) in [5.41, 5.74) is 0. The molecule has 1 aromatic heterocycles. The van der Waals surface area contributed by atoms with Crippen LogP contribution in [0.3, 0.4) is 0 Å². The number of unbranched alkanes of at least 4 members (excludes halogenated alkanes) is 2. The number of carbonyl (C=O) groups is 1. The molecule has 0 fully saturated rings. The Balaban J connectivity index is 2.41. The lowest BCUT2D eigenvalue weighted by molar-refractivity contribution is -0.125. The zero-order chi connectivity index (χ0) is 13.9. The van der Waals surface area contributed by atoms with Crippen LogP contribution < -0.4 is 4.74 Å². The van der Waals surface area contributed by atoms with E-state index in [2.05, 4.69) is 18.8 Å². The smallest absolute Gasteiger partial charge is 0.173 e. The first-order valence-corrected chi connectivity index (χ1v) is 7.33. The third-order valence-corrected chi connectivity index (χ3v) is 3.28. The minimum absolute atomic E-state index is 0.163. The molecule has 0 atom stereocenters. The highest BCUT2D eigenvalue weighted by molar-refractivity contribution is 5.82. The van der Waals surface area contributed by atoms with E-state index in [1.165, 1.54) is 0 Å². The van der Waals surface area contributed by atoms with Crippen LogP contribution in [0, 0.1) is 5.92 Å². The second-order valence-corrected chi connectivity index (χ2v) is 4.93. The molecule has 0 amide bonds. The minimum atomic E-state index is 0.163. The van der Waals surface area contributed by atoms with Crippen molar-refractivity contribution in [3.8, 4) is 5.75 Å². The topological polar surface area (TPSA) is 39.2 Å². The Morgan fingerprint density at radius 1 is 1.26 bits per heavy atom. The molecule has 0 radical (unpaired) electrons. The van der Waals surface area contributed by atoms with Crippen LogP contribution >= 0.6 is 0 Å². The van der Waals surface area contributed by atoms with Crippen LogP contribution in [-0.4, -0.2) is 17.4 Å². The molecule has 0 saturated heterocycles. The van der Waals surface area contributed by atoms with Gasteiger partial charge in [-0.15, -0.1) is 0 Å². The van der Waals surface area contributed by atoms with E-state index in [4.69, 9.17) is 4.74 Å². The zero-order valence-electron chi connectivity index (χ0n) is 12.1. The van der Waals surface area contributed by atoms with E-state index in [0.29, 0.717) is 5.75 Å². The Morgan fingerprint density at radius 2 is 1.95 bits per heavy atom. The number of rotatable bonds is 10. The molecule has 0 unspecified atom stereocenters. The van der Waals surface area contributed by atoms with Crippen molar-refractivity contribution in [1.29, 1.82) is 0 Å². The van der Waals surface area contributed by atoms with Gasteiger partial charge in [-0.3, -0.25) is 9.78 Å². The molecule has 1 aromatic rings. The van der Waals surface area contributed by atoms with Crippen LogP contribution in [0.25, 0.3) is 0 Å². The summed E-state index contributed by atoms with van der Waals surface area (Å²) in [6, 6.07) is 3.64. The summed E-state index contributed by atoms with van der Waals surface area (Å²) in [7, 11) is 0. The molecule has 0 aromatic carbocycles. The van der Waals surface area contributed by atoms with E-state index in [0.717, 1.165) is 38.5 Å². The van der Waals surface area contributed by atoms with Gasteiger partial charge in [0.1, 0.15) is 12.4 Å². The molecular formula is C16H25NO2. The third-order valence-electron chi connectivity index (χ3n) is 3.28. The van der Waals surface area contributed by atoms with E-state index in [9.17, 15) is 4.79 Å². The molecule has 3 heteroatoms. The van der Waals surface area contributed by atoms with Crippen molar-refractivity contribution < 1.29 is 9.53 Å². The molecule has 19 heavy (non-hydrogen) atoms. The lowest BCUT2D eigenvalue weighted by atomic mass is 9.92. The first-order chi connectivity index (χ1) is 9.27. The minimum Gasteiger partial charge on any atom is -0.484 e. The maximum absolute atomic E-state index is 12.2. The second kappa shape index (κ2) is 9.54. The molecule has 106 valence electrons. The lowest BCUT2D eigenvalue weighted by Gasteiger charge is -2.15. The predicted molar refractivity (Wildman–Crippen MR) is 77.3 cm³/mol. The molecule has 0 N–H and O–H groups in total. The van der Waals surface area contributed by atoms with Gasteiger partial charge in [0.15, 0.2) is 5.78 Å². The van der Waals surface area contributed by atoms with Crippen molar-refractivity contribution in [2.24, 2.45) is 5.92 Å². The van der Waals surface area contributed by atoms with Gasteiger partial charge in [-0.05, 0) is 25.0 Å². The third kappa shape index (κ3) is 6.37. The lowest BCUT2D eigenvalue weighted by Crippen LogP contribution is -2.21. The number of hydrogen-bond acceptors (Lipinski definition) is 3. The Labute approximate surface area is 116 Å². The van der Waals surface area contributed by atoms with Crippen LogP contribution in [0.5, 0.6) is 5.75 Å². The SMILES string of the molecule is CCCCC(CCCC)C(=O)COc1cccnc1. The summed E-state index contributed by atoms with van der Waals surface area (Å²) in [6.07, 6.45) is 9.83. The van der Waals surface area contributed by atoms with Gasteiger partial charge >= 0.3 is 0 Å². The van der Waals surface area contributed by atoms with Crippen molar-refractivity contribution in [2.45, 2.75) is 52.4 Å². The zero-order valence-corrected chi connectivity index (χ0v) is 12.1. The van der Waals surface area contributed by atoms with E-state index < -0.39 is 0 Å². The molecule has 0 aliphatic heterocycles. The fourth-order valence-corrected chi connectivity index (χ4v) is 2.07. The molecular weight excluding hydrogens is 238 g/mol.